The molecule has 0 aliphatic carbocycles. The minimum atomic E-state index is -0.373. The van der Waals surface area contributed by atoms with Crippen molar-refractivity contribution < 1.29 is 19.1 Å². The molecule has 0 aliphatic rings. The predicted octanol–water partition coefficient (Wildman–Crippen LogP) is 3.01. The number of hydrogen-bond acceptors (Lipinski definition) is 10. The highest BCUT2D eigenvalue weighted by molar-refractivity contribution is 7.99. The Balaban J connectivity index is 1.60. The molecule has 13 heteroatoms. The Kier molecular flexibility index (Phi) is 14.2. The first kappa shape index (κ1) is 35.1. The van der Waals surface area contributed by atoms with Gasteiger partial charge < -0.3 is 35.3 Å². The monoisotopic (exact) mass is 628 g/mol. The van der Waals surface area contributed by atoms with Gasteiger partial charge in [-0.3, -0.25) is 9.59 Å². The summed E-state index contributed by atoms with van der Waals surface area (Å²) in [6.07, 6.45) is 1.90. The molecule has 3 rings (SSSR count). The summed E-state index contributed by atoms with van der Waals surface area (Å²) in [5.41, 5.74) is 9.27. The predicted molar refractivity (Wildman–Crippen MR) is 176 cm³/mol. The number of hydrogen-bond donors (Lipinski definition) is 3. The molecule has 0 saturated carbocycles. The third kappa shape index (κ3) is 10.6. The number of ether oxygens (including phenoxy) is 2. The Morgan fingerprint density at radius 3 is 2.43 bits per heavy atom. The molecule has 0 aliphatic heterocycles. The van der Waals surface area contributed by atoms with Crippen LogP contribution in [0.3, 0.4) is 0 Å². The number of fused-ring (bicyclic) bond motifs is 1. The molecule has 44 heavy (non-hydrogen) atoms. The number of carbonyl (C=O) groups is 2. The number of benzene rings is 1. The highest BCUT2D eigenvalue weighted by Gasteiger charge is 2.23. The number of aryl methyl sites for hydroxylation is 1. The van der Waals surface area contributed by atoms with Crippen molar-refractivity contribution >= 4 is 40.6 Å². The van der Waals surface area contributed by atoms with E-state index in [0.717, 1.165) is 42.1 Å². The zero-order chi connectivity index (χ0) is 32.1. The van der Waals surface area contributed by atoms with Gasteiger partial charge >= 0.3 is 6.01 Å². The van der Waals surface area contributed by atoms with E-state index in [1.807, 2.05) is 49.9 Å². The van der Waals surface area contributed by atoms with Crippen LogP contribution in [-0.2, 0) is 27.4 Å². The number of methoxy groups -OCH3 is 1. The first-order chi connectivity index (χ1) is 21.1. The third-order valence-electron chi connectivity index (χ3n) is 7.30. The Labute approximate surface area is 264 Å². The van der Waals surface area contributed by atoms with Crippen LogP contribution in [0, 0.1) is 12.8 Å². The molecule has 1 unspecified atom stereocenters. The molecule has 242 valence electrons. The fraction of sp³-hybridized carbons (Fsp3) is 0.581. The van der Waals surface area contributed by atoms with Gasteiger partial charge in [0.25, 0.3) is 0 Å². The van der Waals surface area contributed by atoms with Crippen LogP contribution < -0.4 is 21.1 Å². The highest BCUT2D eigenvalue weighted by Crippen LogP contribution is 2.23. The maximum atomic E-state index is 13.0. The van der Waals surface area contributed by atoms with Crippen LogP contribution in [0.5, 0.6) is 6.01 Å². The number of amides is 2. The number of imidazole rings is 1. The minimum absolute atomic E-state index is 0.0430. The Morgan fingerprint density at radius 2 is 1.77 bits per heavy atom. The topological polar surface area (TPSA) is 150 Å². The summed E-state index contributed by atoms with van der Waals surface area (Å²) in [5.74, 6) is 2.00. The van der Waals surface area contributed by atoms with Crippen molar-refractivity contribution in [3.63, 3.8) is 0 Å². The second-order valence-corrected chi connectivity index (χ2v) is 12.2. The lowest BCUT2D eigenvalue weighted by atomic mass is 10.0. The molecular weight excluding hydrogens is 580 g/mol. The third-order valence-corrected chi connectivity index (χ3v) is 8.41. The van der Waals surface area contributed by atoms with Crippen molar-refractivity contribution in [2.24, 2.45) is 5.92 Å². The fourth-order valence-corrected chi connectivity index (χ4v) is 5.75. The largest absolute Gasteiger partial charge is 0.461 e. The SMILES string of the molecule is CCC(CC)NC(=O)C(CSCCN(C)C)CC(=O)NCc1ccc(Cn2c(C)nc3c(N)nc(OCCOC)nc32)cc1. The van der Waals surface area contributed by atoms with E-state index >= 15 is 0 Å². The zero-order valence-corrected chi connectivity index (χ0v) is 27.7. The quantitative estimate of drug-likeness (QED) is 0.169. The van der Waals surface area contributed by atoms with Crippen LogP contribution in [0.4, 0.5) is 5.82 Å². The van der Waals surface area contributed by atoms with Gasteiger partial charge in [0.2, 0.25) is 11.8 Å². The van der Waals surface area contributed by atoms with E-state index in [4.69, 9.17) is 15.2 Å². The minimum Gasteiger partial charge on any atom is -0.461 e. The lowest BCUT2D eigenvalue weighted by Gasteiger charge is -2.21. The molecular formula is C31H48N8O4S. The normalized spacial score (nSPS) is 12.2. The van der Waals surface area contributed by atoms with Crippen molar-refractivity contribution in [3.05, 3.63) is 41.2 Å². The lowest BCUT2D eigenvalue weighted by Crippen LogP contribution is -2.41. The molecule has 2 heterocycles. The number of nitrogen functional groups attached to an aromatic ring is 1. The van der Waals surface area contributed by atoms with Gasteiger partial charge in [0, 0.05) is 44.2 Å². The number of anilines is 1. The molecule has 12 nitrogen and oxygen atoms in total. The van der Waals surface area contributed by atoms with Gasteiger partial charge in [-0.05, 0) is 45.0 Å². The number of carbonyl (C=O) groups excluding carboxylic acids is 2. The molecule has 1 aromatic carbocycles. The van der Waals surface area contributed by atoms with E-state index in [2.05, 4.69) is 44.3 Å². The second kappa shape index (κ2) is 17.8. The smallest absolute Gasteiger partial charge is 0.320 e. The summed E-state index contributed by atoms with van der Waals surface area (Å²) in [6, 6.07) is 8.31. The van der Waals surface area contributed by atoms with Gasteiger partial charge in [-0.15, -0.1) is 0 Å². The molecule has 1 atom stereocenters. The van der Waals surface area contributed by atoms with Crippen LogP contribution in [0.15, 0.2) is 24.3 Å². The van der Waals surface area contributed by atoms with Crippen LogP contribution in [0.25, 0.3) is 11.2 Å². The maximum Gasteiger partial charge on any atom is 0.320 e. The molecule has 0 bridgehead atoms. The number of aromatic nitrogens is 4. The highest BCUT2D eigenvalue weighted by atomic mass is 32.2. The molecule has 0 saturated heterocycles. The number of nitrogens with two attached hydrogens (primary N) is 1. The van der Waals surface area contributed by atoms with Gasteiger partial charge in [-0.2, -0.15) is 21.7 Å². The summed E-state index contributed by atoms with van der Waals surface area (Å²) in [6.45, 7) is 8.59. The van der Waals surface area contributed by atoms with Crippen molar-refractivity contribution in [3.8, 4) is 6.01 Å². The first-order valence-corrected chi connectivity index (χ1v) is 16.3. The van der Waals surface area contributed by atoms with Crippen LogP contribution in [0.1, 0.15) is 50.1 Å². The van der Waals surface area contributed by atoms with Crippen molar-refractivity contribution in [2.75, 3.05) is 58.2 Å². The number of nitrogens with zero attached hydrogens (tertiary/aromatic N) is 5. The van der Waals surface area contributed by atoms with E-state index in [1.54, 1.807) is 18.9 Å². The van der Waals surface area contributed by atoms with Crippen LogP contribution in [0.2, 0.25) is 0 Å². The average molecular weight is 629 g/mol. The summed E-state index contributed by atoms with van der Waals surface area (Å²) in [4.78, 5) is 41.4. The zero-order valence-electron chi connectivity index (χ0n) is 26.9. The van der Waals surface area contributed by atoms with E-state index in [9.17, 15) is 9.59 Å². The standard InChI is InChI=1S/C31H48N8O4S/c1-7-25(8-2)35-30(41)24(20-44-16-13-38(4)5)17-26(40)33-18-22-9-11-23(12-10-22)19-39-21(3)34-27-28(32)36-31(37-29(27)39)43-15-14-42-6/h9-12,24-25H,7-8,13-20H2,1-6H3,(H,33,40)(H,35,41)(H2,32,36,37). The second-order valence-electron chi connectivity index (χ2n) is 11.0. The summed E-state index contributed by atoms with van der Waals surface area (Å²) >= 11 is 1.71. The molecule has 0 radical (unpaired) electrons. The summed E-state index contributed by atoms with van der Waals surface area (Å²) < 4.78 is 12.6. The molecule has 0 fully saturated rings. The fourth-order valence-electron chi connectivity index (χ4n) is 4.53. The Hall–Kier alpha value is -3.42. The molecule has 3 aromatic rings. The maximum absolute atomic E-state index is 13.0. The van der Waals surface area contributed by atoms with E-state index in [-0.39, 0.29) is 42.0 Å². The van der Waals surface area contributed by atoms with Gasteiger partial charge in [0.1, 0.15) is 12.4 Å². The molecule has 0 spiro atoms. The van der Waals surface area contributed by atoms with Gasteiger partial charge in [-0.1, -0.05) is 38.1 Å². The van der Waals surface area contributed by atoms with Crippen LogP contribution in [-0.4, -0.2) is 94.7 Å². The lowest BCUT2D eigenvalue weighted by molar-refractivity contribution is -0.130. The van der Waals surface area contributed by atoms with Crippen molar-refractivity contribution in [1.29, 1.82) is 0 Å². The first-order valence-electron chi connectivity index (χ1n) is 15.1. The number of rotatable bonds is 19. The summed E-state index contributed by atoms with van der Waals surface area (Å²) in [7, 11) is 5.65. The molecule has 2 aromatic heterocycles. The van der Waals surface area contributed by atoms with Crippen molar-refractivity contribution in [2.45, 2.75) is 59.2 Å². The molecule has 4 N–H and O–H groups in total. The van der Waals surface area contributed by atoms with Gasteiger partial charge in [0.05, 0.1) is 19.1 Å². The average Bonchev–Trinajstić information content (AvgIpc) is 3.31. The van der Waals surface area contributed by atoms with Gasteiger partial charge in [-0.25, -0.2) is 4.98 Å². The van der Waals surface area contributed by atoms with Gasteiger partial charge in [0.15, 0.2) is 17.0 Å². The number of thioether (sulfide) groups is 1. The van der Waals surface area contributed by atoms with Crippen molar-refractivity contribution in [1.82, 2.24) is 35.1 Å². The van der Waals surface area contributed by atoms with Crippen LogP contribution >= 0.6 is 11.8 Å². The summed E-state index contributed by atoms with van der Waals surface area (Å²) in [5, 5.41) is 6.13. The molecule has 2 amide bonds. The van der Waals surface area contributed by atoms with E-state index in [1.165, 1.54) is 0 Å². The van der Waals surface area contributed by atoms with E-state index in [0.29, 0.717) is 43.2 Å². The van der Waals surface area contributed by atoms with E-state index < -0.39 is 0 Å². The number of nitrogens with one attached hydrogen (secondary N) is 2. The Morgan fingerprint density at radius 1 is 1.07 bits per heavy atom. The Bertz CT molecular complexity index is 1340.